The van der Waals surface area contributed by atoms with Crippen LogP contribution in [0.2, 0.25) is 0 Å². The van der Waals surface area contributed by atoms with E-state index in [2.05, 4.69) is 5.32 Å². The van der Waals surface area contributed by atoms with Gasteiger partial charge in [-0.25, -0.2) is 13.6 Å². The molecule has 66 valence electrons. The van der Waals surface area contributed by atoms with Gasteiger partial charge < -0.3 is 0 Å². The number of hydrogen-bond donors (Lipinski definition) is 2. The molecule has 1 aliphatic rings. The lowest BCUT2D eigenvalue weighted by atomic mass is 10.4. The van der Waals surface area contributed by atoms with E-state index in [1.807, 2.05) is 6.92 Å². The maximum Gasteiger partial charge on any atom is 0.225 e. The summed E-state index contributed by atoms with van der Waals surface area (Å²) in [4.78, 5) is 0. The number of nitrogens with one attached hydrogen (secondary N) is 1. The van der Waals surface area contributed by atoms with Crippen LogP contribution in [0.4, 0.5) is 0 Å². The predicted molar refractivity (Wildman–Crippen MR) is 43.3 cm³/mol. The Balaban J connectivity index is 2.48. The molecule has 0 spiro atoms. The average molecular weight is 178 g/mol. The fourth-order valence-electron chi connectivity index (χ4n) is 0.958. The van der Waals surface area contributed by atoms with Gasteiger partial charge in [-0.05, 0) is 19.3 Å². The summed E-state index contributed by atoms with van der Waals surface area (Å²) in [5.41, 5.74) is 0. The maximum absolute atomic E-state index is 10.8. The van der Waals surface area contributed by atoms with E-state index in [0.29, 0.717) is 12.5 Å². The topological polar surface area (TPSA) is 72.2 Å². The van der Waals surface area contributed by atoms with Crippen LogP contribution in [-0.2, 0) is 10.0 Å². The van der Waals surface area contributed by atoms with E-state index in [-0.39, 0.29) is 0 Å². The molecule has 1 atom stereocenters. The minimum Gasteiger partial charge on any atom is -0.297 e. The van der Waals surface area contributed by atoms with E-state index < -0.39 is 15.4 Å². The van der Waals surface area contributed by atoms with Gasteiger partial charge in [-0.3, -0.25) is 5.32 Å². The van der Waals surface area contributed by atoms with Crippen molar-refractivity contribution in [2.75, 3.05) is 0 Å². The van der Waals surface area contributed by atoms with Crippen LogP contribution in [-0.4, -0.2) is 19.8 Å². The van der Waals surface area contributed by atoms with Crippen LogP contribution in [0.1, 0.15) is 26.2 Å². The highest BCUT2D eigenvalue weighted by molar-refractivity contribution is 7.89. The van der Waals surface area contributed by atoms with Crippen LogP contribution in [0, 0.1) is 0 Å². The third-order valence-corrected chi connectivity index (χ3v) is 3.03. The monoisotopic (exact) mass is 178 g/mol. The van der Waals surface area contributed by atoms with Gasteiger partial charge in [0.2, 0.25) is 10.0 Å². The highest BCUT2D eigenvalue weighted by atomic mass is 32.2. The van der Waals surface area contributed by atoms with Gasteiger partial charge in [-0.15, -0.1) is 0 Å². The van der Waals surface area contributed by atoms with Crippen LogP contribution in [0.5, 0.6) is 0 Å². The standard InChI is InChI=1S/C6H14N2O2S/c1-2-6(11(7,9)10)8-5-3-4-5/h5-6,8H,2-4H2,1H3,(H2,7,9,10). The minimum atomic E-state index is -3.38. The Morgan fingerprint density at radius 2 is 2.18 bits per heavy atom. The fraction of sp³-hybridized carbons (Fsp3) is 1.00. The second kappa shape index (κ2) is 3.08. The molecule has 4 nitrogen and oxygen atoms in total. The molecule has 0 saturated heterocycles. The Morgan fingerprint density at radius 1 is 1.64 bits per heavy atom. The van der Waals surface area contributed by atoms with Crippen molar-refractivity contribution in [2.45, 2.75) is 37.6 Å². The third-order valence-electron chi connectivity index (χ3n) is 1.77. The van der Waals surface area contributed by atoms with E-state index >= 15 is 0 Å². The van der Waals surface area contributed by atoms with Crippen LogP contribution in [0.15, 0.2) is 0 Å². The van der Waals surface area contributed by atoms with Crippen molar-refractivity contribution in [1.82, 2.24) is 5.32 Å². The minimum absolute atomic E-state index is 0.387. The van der Waals surface area contributed by atoms with Crippen LogP contribution in [0.25, 0.3) is 0 Å². The molecule has 3 N–H and O–H groups in total. The van der Waals surface area contributed by atoms with Crippen molar-refractivity contribution in [3.8, 4) is 0 Å². The molecule has 0 radical (unpaired) electrons. The summed E-state index contributed by atoms with van der Waals surface area (Å²) in [5.74, 6) is 0. The number of sulfonamides is 1. The van der Waals surface area contributed by atoms with E-state index in [4.69, 9.17) is 5.14 Å². The quantitative estimate of drug-likeness (QED) is 0.624. The van der Waals surface area contributed by atoms with Gasteiger partial charge >= 0.3 is 0 Å². The molecule has 1 rings (SSSR count). The second-order valence-corrected chi connectivity index (χ2v) is 4.67. The first-order valence-corrected chi connectivity index (χ1v) is 5.42. The molecule has 0 aromatic heterocycles. The summed E-state index contributed by atoms with van der Waals surface area (Å²) in [6.45, 7) is 1.81. The van der Waals surface area contributed by atoms with Crippen LogP contribution in [0.3, 0.4) is 0 Å². The van der Waals surface area contributed by atoms with Crippen LogP contribution < -0.4 is 10.5 Å². The SMILES string of the molecule is CCC(NC1CC1)S(N)(=O)=O. The Morgan fingerprint density at radius 3 is 2.45 bits per heavy atom. The molecule has 0 heterocycles. The van der Waals surface area contributed by atoms with Crippen molar-refractivity contribution >= 4 is 10.0 Å². The van der Waals surface area contributed by atoms with Gasteiger partial charge in [0.15, 0.2) is 0 Å². The molecule has 1 unspecified atom stereocenters. The summed E-state index contributed by atoms with van der Waals surface area (Å²) in [6.07, 6.45) is 2.69. The molecule has 0 bridgehead atoms. The molecule has 1 saturated carbocycles. The van der Waals surface area contributed by atoms with Crippen LogP contribution >= 0.6 is 0 Å². The molecule has 1 aliphatic carbocycles. The maximum atomic E-state index is 10.8. The molecule has 0 aliphatic heterocycles. The van der Waals surface area contributed by atoms with Gasteiger partial charge in [0.05, 0.1) is 0 Å². The van der Waals surface area contributed by atoms with Gasteiger partial charge in [0.25, 0.3) is 0 Å². The van der Waals surface area contributed by atoms with Crippen molar-refractivity contribution in [3.05, 3.63) is 0 Å². The second-order valence-electron chi connectivity index (χ2n) is 2.93. The third kappa shape index (κ3) is 2.76. The van der Waals surface area contributed by atoms with E-state index in [9.17, 15) is 8.42 Å². The normalized spacial score (nSPS) is 21.6. The van der Waals surface area contributed by atoms with Gasteiger partial charge in [0, 0.05) is 6.04 Å². The van der Waals surface area contributed by atoms with Gasteiger partial charge in [-0.1, -0.05) is 6.92 Å². The first kappa shape index (κ1) is 8.96. The average Bonchev–Trinajstić information content (AvgIpc) is 2.62. The highest BCUT2D eigenvalue weighted by Crippen LogP contribution is 2.20. The number of rotatable bonds is 4. The first-order chi connectivity index (χ1) is 5.04. The molecule has 5 heteroatoms. The van der Waals surface area contributed by atoms with E-state index in [1.165, 1.54) is 0 Å². The smallest absolute Gasteiger partial charge is 0.225 e. The summed E-state index contributed by atoms with van der Waals surface area (Å²) in [5, 5.41) is 7.40. The predicted octanol–water partition coefficient (Wildman–Crippen LogP) is -0.237. The van der Waals surface area contributed by atoms with Crippen molar-refractivity contribution < 1.29 is 8.42 Å². The Hall–Kier alpha value is -0.130. The Labute approximate surface area is 67.2 Å². The van der Waals surface area contributed by atoms with Crippen molar-refractivity contribution in [2.24, 2.45) is 5.14 Å². The van der Waals surface area contributed by atoms with Crippen molar-refractivity contribution in [1.29, 1.82) is 0 Å². The largest absolute Gasteiger partial charge is 0.297 e. The molecule has 11 heavy (non-hydrogen) atoms. The Bertz CT molecular complexity index is 221. The molecule has 0 aromatic carbocycles. The molecule has 0 aromatic rings. The number of hydrogen-bond acceptors (Lipinski definition) is 3. The summed E-state index contributed by atoms with van der Waals surface area (Å²) < 4.78 is 21.7. The number of primary sulfonamides is 1. The lowest BCUT2D eigenvalue weighted by Gasteiger charge is -2.13. The number of nitrogens with two attached hydrogens (primary N) is 1. The first-order valence-electron chi connectivity index (χ1n) is 3.81. The molecule has 0 amide bonds. The van der Waals surface area contributed by atoms with Gasteiger partial charge in [-0.2, -0.15) is 0 Å². The fourth-order valence-corrected chi connectivity index (χ4v) is 1.80. The highest BCUT2D eigenvalue weighted by Gasteiger charge is 2.28. The summed E-state index contributed by atoms with van der Waals surface area (Å²) in [7, 11) is -3.38. The zero-order valence-electron chi connectivity index (χ0n) is 6.58. The van der Waals surface area contributed by atoms with Crippen molar-refractivity contribution in [3.63, 3.8) is 0 Å². The summed E-state index contributed by atoms with van der Waals surface area (Å²) in [6, 6.07) is 0.387. The lowest BCUT2D eigenvalue weighted by Crippen LogP contribution is -2.41. The summed E-state index contributed by atoms with van der Waals surface area (Å²) >= 11 is 0. The molecular weight excluding hydrogens is 164 g/mol. The van der Waals surface area contributed by atoms with E-state index in [0.717, 1.165) is 12.8 Å². The zero-order valence-corrected chi connectivity index (χ0v) is 7.39. The zero-order chi connectivity index (χ0) is 8.48. The Kier molecular flexibility index (Phi) is 2.51. The lowest BCUT2D eigenvalue weighted by molar-refractivity contribution is 0.539. The van der Waals surface area contributed by atoms with E-state index in [1.54, 1.807) is 0 Å². The van der Waals surface area contributed by atoms with Gasteiger partial charge in [0.1, 0.15) is 5.37 Å². The molecule has 1 fully saturated rings. The molecular formula is C6H14N2O2S.